The maximum absolute atomic E-state index is 12.7. The van der Waals surface area contributed by atoms with Crippen LogP contribution in [0, 0.1) is 6.92 Å². The zero-order chi connectivity index (χ0) is 21.0. The zero-order valence-electron chi connectivity index (χ0n) is 16.6. The van der Waals surface area contributed by atoms with Crippen molar-refractivity contribution in [3.63, 3.8) is 0 Å². The number of anilines is 1. The van der Waals surface area contributed by atoms with Gasteiger partial charge < -0.3 is 19.5 Å². The largest absolute Gasteiger partial charge is 0.493 e. The van der Waals surface area contributed by atoms with Crippen molar-refractivity contribution in [2.24, 2.45) is 0 Å². The lowest BCUT2D eigenvalue weighted by Gasteiger charge is -2.14. The van der Waals surface area contributed by atoms with Crippen molar-refractivity contribution in [3.05, 3.63) is 70.0 Å². The Morgan fingerprint density at radius 2 is 1.72 bits per heavy atom. The molecule has 0 radical (unpaired) electrons. The molecule has 0 saturated carbocycles. The summed E-state index contributed by atoms with van der Waals surface area (Å²) < 4.78 is 17.2. The van der Waals surface area contributed by atoms with E-state index in [1.54, 1.807) is 30.3 Å². The van der Waals surface area contributed by atoms with Crippen LogP contribution in [0.3, 0.4) is 0 Å². The molecule has 0 bridgehead atoms. The van der Waals surface area contributed by atoms with Crippen molar-refractivity contribution in [3.8, 4) is 23.1 Å². The number of rotatable bonds is 6. The molecule has 2 aromatic carbocycles. The molecule has 0 aliphatic heterocycles. The summed E-state index contributed by atoms with van der Waals surface area (Å²) in [6, 6.07) is 13.6. The maximum atomic E-state index is 12.7. The maximum Gasteiger partial charge on any atom is 0.280 e. The van der Waals surface area contributed by atoms with Gasteiger partial charge in [-0.25, -0.2) is 0 Å². The highest BCUT2D eigenvalue weighted by atomic mass is 16.5. The molecule has 0 spiro atoms. The lowest BCUT2D eigenvalue weighted by atomic mass is 10.2. The standard InChI is InChI=1S/C21H21N3O5/c1-13-6-5-7-14(10-13)22-21(26)20-16(25)12-19(29-4)24(23-20)15-8-9-17(27-2)18(11-15)28-3/h5-12H,1-4H3,(H,22,26). The van der Waals surface area contributed by atoms with Gasteiger partial charge >= 0.3 is 0 Å². The van der Waals surface area contributed by atoms with Crippen LogP contribution in [0.25, 0.3) is 5.69 Å². The van der Waals surface area contributed by atoms with Gasteiger partial charge in [0.1, 0.15) is 0 Å². The van der Waals surface area contributed by atoms with E-state index in [4.69, 9.17) is 14.2 Å². The number of carbonyl (C=O) groups excluding carboxylic acids is 1. The van der Waals surface area contributed by atoms with E-state index in [0.29, 0.717) is 22.9 Å². The Balaban J connectivity index is 2.05. The van der Waals surface area contributed by atoms with Crippen LogP contribution >= 0.6 is 0 Å². The second kappa shape index (κ2) is 8.47. The first-order chi connectivity index (χ1) is 14.0. The number of amides is 1. The van der Waals surface area contributed by atoms with Gasteiger partial charge in [-0.15, -0.1) is 0 Å². The summed E-state index contributed by atoms with van der Waals surface area (Å²) in [6.45, 7) is 1.91. The van der Waals surface area contributed by atoms with Crippen LogP contribution in [0.5, 0.6) is 17.4 Å². The van der Waals surface area contributed by atoms with Crippen LogP contribution < -0.4 is 25.0 Å². The minimum absolute atomic E-state index is 0.175. The molecule has 3 aromatic rings. The number of aromatic nitrogens is 2. The zero-order valence-corrected chi connectivity index (χ0v) is 16.6. The summed E-state index contributed by atoms with van der Waals surface area (Å²) in [7, 11) is 4.46. The fourth-order valence-corrected chi connectivity index (χ4v) is 2.80. The highest BCUT2D eigenvalue weighted by Gasteiger charge is 2.18. The molecule has 0 fully saturated rings. The van der Waals surface area contributed by atoms with Gasteiger partial charge in [0, 0.05) is 11.8 Å². The highest BCUT2D eigenvalue weighted by Crippen LogP contribution is 2.30. The number of ether oxygens (including phenoxy) is 3. The quantitative estimate of drug-likeness (QED) is 0.690. The first-order valence-electron chi connectivity index (χ1n) is 8.75. The molecular formula is C21H21N3O5. The first-order valence-corrected chi connectivity index (χ1v) is 8.75. The van der Waals surface area contributed by atoms with Crippen molar-refractivity contribution in [1.29, 1.82) is 0 Å². The van der Waals surface area contributed by atoms with E-state index >= 15 is 0 Å². The molecule has 0 aliphatic carbocycles. The van der Waals surface area contributed by atoms with E-state index in [1.807, 2.05) is 19.1 Å². The normalized spacial score (nSPS) is 10.3. The molecule has 0 saturated heterocycles. The van der Waals surface area contributed by atoms with Crippen molar-refractivity contribution in [1.82, 2.24) is 9.78 Å². The topological polar surface area (TPSA) is 91.7 Å². The van der Waals surface area contributed by atoms with Gasteiger partial charge in [0.25, 0.3) is 5.91 Å². The number of benzene rings is 2. The lowest BCUT2D eigenvalue weighted by Crippen LogP contribution is -2.26. The van der Waals surface area contributed by atoms with Crippen LogP contribution in [-0.4, -0.2) is 37.0 Å². The van der Waals surface area contributed by atoms with Gasteiger partial charge in [-0.2, -0.15) is 9.78 Å². The predicted octanol–water partition coefficient (Wildman–Crippen LogP) is 2.82. The Labute approximate surface area is 167 Å². The number of hydrogen-bond donors (Lipinski definition) is 1. The number of carbonyl (C=O) groups is 1. The minimum atomic E-state index is -0.613. The van der Waals surface area contributed by atoms with Crippen molar-refractivity contribution in [2.45, 2.75) is 6.92 Å². The molecule has 150 valence electrons. The second-order valence-corrected chi connectivity index (χ2v) is 6.17. The van der Waals surface area contributed by atoms with Crippen molar-refractivity contribution in [2.75, 3.05) is 26.6 Å². The van der Waals surface area contributed by atoms with Gasteiger partial charge in [-0.3, -0.25) is 9.59 Å². The van der Waals surface area contributed by atoms with E-state index in [9.17, 15) is 9.59 Å². The Morgan fingerprint density at radius 1 is 0.966 bits per heavy atom. The molecule has 3 rings (SSSR count). The third-order valence-corrected chi connectivity index (χ3v) is 4.21. The number of methoxy groups -OCH3 is 3. The molecule has 0 unspecified atom stereocenters. The van der Waals surface area contributed by atoms with Gasteiger partial charge in [0.2, 0.25) is 11.3 Å². The molecule has 1 heterocycles. The molecule has 0 atom stereocenters. The summed E-state index contributed by atoms with van der Waals surface area (Å²) in [4.78, 5) is 25.1. The van der Waals surface area contributed by atoms with Crippen LogP contribution in [0.15, 0.2) is 53.3 Å². The number of nitrogens with zero attached hydrogens (tertiary/aromatic N) is 2. The summed E-state index contributed by atoms with van der Waals surface area (Å²) in [5.74, 6) is 0.568. The van der Waals surface area contributed by atoms with Gasteiger partial charge in [-0.05, 0) is 36.8 Å². The van der Waals surface area contributed by atoms with E-state index in [0.717, 1.165) is 5.56 Å². The molecule has 1 amide bonds. The van der Waals surface area contributed by atoms with Gasteiger partial charge in [-0.1, -0.05) is 12.1 Å². The Kier molecular flexibility index (Phi) is 5.82. The minimum Gasteiger partial charge on any atom is -0.493 e. The van der Waals surface area contributed by atoms with E-state index < -0.39 is 11.3 Å². The van der Waals surface area contributed by atoms with Crippen molar-refractivity contribution >= 4 is 11.6 Å². The van der Waals surface area contributed by atoms with E-state index in [1.165, 1.54) is 32.1 Å². The van der Waals surface area contributed by atoms with Crippen LogP contribution in [-0.2, 0) is 0 Å². The third kappa shape index (κ3) is 4.21. The molecule has 29 heavy (non-hydrogen) atoms. The Morgan fingerprint density at radius 3 is 2.38 bits per heavy atom. The summed E-state index contributed by atoms with van der Waals surface area (Å²) in [6.07, 6.45) is 0. The second-order valence-electron chi connectivity index (χ2n) is 6.17. The van der Waals surface area contributed by atoms with Crippen LogP contribution in [0.2, 0.25) is 0 Å². The average Bonchev–Trinajstić information content (AvgIpc) is 2.72. The summed E-state index contributed by atoms with van der Waals surface area (Å²) in [5.41, 5.74) is 1.27. The number of aryl methyl sites for hydroxylation is 1. The number of nitrogens with one attached hydrogen (secondary N) is 1. The predicted molar refractivity (Wildman–Crippen MR) is 109 cm³/mol. The van der Waals surface area contributed by atoms with E-state index in [-0.39, 0.29) is 11.6 Å². The molecule has 8 heteroatoms. The smallest absolute Gasteiger partial charge is 0.280 e. The molecular weight excluding hydrogens is 374 g/mol. The number of hydrogen-bond acceptors (Lipinski definition) is 6. The fourth-order valence-electron chi connectivity index (χ4n) is 2.80. The van der Waals surface area contributed by atoms with Gasteiger partial charge in [0.15, 0.2) is 17.2 Å². The summed E-state index contributed by atoms with van der Waals surface area (Å²) >= 11 is 0. The SMILES string of the molecule is COc1ccc(-n2nc(C(=O)Nc3cccc(C)c3)c(=O)cc2OC)cc1OC. The average molecular weight is 395 g/mol. The van der Waals surface area contributed by atoms with Crippen LogP contribution in [0.4, 0.5) is 5.69 Å². The third-order valence-electron chi connectivity index (χ3n) is 4.21. The molecule has 0 aliphatic rings. The lowest BCUT2D eigenvalue weighted by molar-refractivity contribution is 0.101. The monoisotopic (exact) mass is 395 g/mol. The van der Waals surface area contributed by atoms with Gasteiger partial charge in [0.05, 0.1) is 33.1 Å². The van der Waals surface area contributed by atoms with Crippen LogP contribution in [0.1, 0.15) is 16.1 Å². The van der Waals surface area contributed by atoms with E-state index in [2.05, 4.69) is 10.4 Å². The molecule has 8 nitrogen and oxygen atoms in total. The Hall–Kier alpha value is -3.81. The first kappa shape index (κ1) is 19.9. The fraction of sp³-hybridized carbons (Fsp3) is 0.190. The van der Waals surface area contributed by atoms with Crippen molar-refractivity contribution < 1.29 is 19.0 Å². The summed E-state index contributed by atoms with van der Waals surface area (Å²) in [5, 5.41) is 6.93. The molecule has 1 N–H and O–H groups in total. The molecule has 1 aromatic heterocycles. The Bertz CT molecular complexity index is 1110. The highest BCUT2D eigenvalue weighted by molar-refractivity contribution is 6.02.